The lowest BCUT2D eigenvalue weighted by molar-refractivity contribution is -0.123. The molecular formula is C27H19FN4O3S. The summed E-state index contributed by atoms with van der Waals surface area (Å²) in [5.41, 5.74) is 2.25. The van der Waals surface area contributed by atoms with Crippen LogP contribution in [0.2, 0.25) is 0 Å². The van der Waals surface area contributed by atoms with Gasteiger partial charge in [0.1, 0.15) is 5.82 Å². The molecule has 36 heavy (non-hydrogen) atoms. The van der Waals surface area contributed by atoms with Crippen LogP contribution in [-0.4, -0.2) is 32.6 Å². The molecule has 0 unspecified atom stereocenters. The van der Waals surface area contributed by atoms with E-state index in [1.165, 1.54) is 24.0 Å². The molecule has 1 aliphatic heterocycles. The Morgan fingerprint density at radius 3 is 2.44 bits per heavy atom. The Morgan fingerprint density at radius 1 is 1.00 bits per heavy atom. The summed E-state index contributed by atoms with van der Waals surface area (Å²) in [5.74, 6) is -1.83. The van der Waals surface area contributed by atoms with Gasteiger partial charge in [-0.15, -0.1) is 11.3 Å². The van der Waals surface area contributed by atoms with E-state index in [0.717, 1.165) is 16.2 Å². The number of hydrogen-bond acceptors (Lipinski definition) is 6. The molecule has 0 N–H and O–H groups in total. The van der Waals surface area contributed by atoms with Crippen LogP contribution < -0.4 is 4.90 Å². The number of benzene rings is 2. The predicted octanol–water partition coefficient (Wildman–Crippen LogP) is 5.09. The minimum absolute atomic E-state index is 0.0257. The second-order valence-electron chi connectivity index (χ2n) is 7.98. The summed E-state index contributed by atoms with van der Waals surface area (Å²) in [4.78, 5) is 50.1. The Labute approximate surface area is 210 Å². The predicted molar refractivity (Wildman–Crippen MR) is 135 cm³/mol. The van der Waals surface area contributed by atoms with E-state index in [2.05, 4.69) is 9.97 Å². The van der Waals surface area contributed by atoms with E-state index in [1.54, 1.807) is 72.3 Å². The highest BCUT2D eigenvalue weighted by Gasteiger charge is 2.35. The first kappa shape index (κ1) is 23.3. The molecule has 3 amide bonds. The molecule has 7 nitrogen and oxygen atoms in total. The zero-order valence-corrected chi connectivity index (χ0v) is 19.9. The molecule has 0 aliphatic carbocycles. The number of hydrogen-bond donors (Lipinski definition) is 0. The van der Waals surface area contributed by atoms with E-state index < -0.39 is 23.5 Å². The second kappa shape index (κ2) is 9.63. The number of amides is 3. The van der Waals surface area contributed by atoms with Gasteiger partial charge in [-0.05, 0) is 36.4 Å². The van der Waals surface area contributed by atoms with Gasteiger partial charge in [0.05, 0.1) is 29.2 Å². The number of thiazole rings is 1. The molecule has 0 bridgehead atoms. The van der Waals surface area contributed by atoms with Gasteiger partial charge in [0.2, 0.25) is 5.91 Å². The van der Waals surface area contributed by atoms with Crippen LogP contribution in [0.1, 0.15) is 34.2 Å². The third kappa shape index (κ3) is 4.32. The SMILES string of the molecule is CC(=O)N(c1nc(C=C2C(=O)N(Cc3ccccn3)C(=O)c3ccccc32)cs1)c1ccccc1F. The van der Waals surface area contributed by atoms with E-state index in [1.807, 2.05) is 0 Å². The maximum Gasteiger partial charge on any atom is 0.261 e. The zero-order chi connectivity index (χ0) is 25.2. The van der Waals surface area contributed by atoms with Crippen LogP contribution in [0.15, 0.2) is 78.3 Å². The number of imide groups is 1. The number of rotatable bonds is 5. The quantitative estimate of drug-likeness (QED) is 0.283. The van der Waals surface area contributed by atoms with Crippen LogP contribution in [0.4, 0.5) is 15.2 Å². The van der Waals surface area contributed by atoms with E-state index in [9.17, 15) is 18.8 Å². The van der Waals surface area contributed by atoms with Gasteiger partial charge in [0.15, 0.2) is 5.13 Å². The topological polar surface area (TPSA) is 83.5 Å². The number of halogens is 1. The minimum atomic E-state index is -0.553. The smallest absolute Gasteiger partial charge is 0.261 e. The molecule has 4 aromatic rings. The third-order valence-corrected chi connectivity index (χ3v) is 6.46. The average molecular weight is 499 g/mol. The summed E-state index contributed by atoms with van der Waals surface area (Å²) in [6.45, 7) is 1.35. The first-order valence-electron chi connectivity index (χ1n) is 11.0. The molecule has 0 spiro atoms. The summed E-state index contributed by atoms with van der Waals surface area (Å²) >= 11 is 1.15. The molecule has 0 atom stereocenters. The summed E-state index contributed by atoms with van der Waals surface area (Å²) < 4.78 is 14.4. The van der Waals surface area contributed by atoms with Gasteiger partial charge in [0, 0.05) is 29.6 Å². The van der Waals surface area contributed by atoms with Crippen LogP contribution in [-0.2, 0) is 16.1 Å². The summed E-state index contributed by atoms with van der Waals surface area (Å²) in [6.07, 6.45) is 3.19. The van der Waals surface area contributed by atoms with Crippen LogP contribution >= 0.6 is 11.3 Å². The number of aromatic nitrogens is 2. The molecule has 0 saturated carbocycles. The van der Waals surface area contributed by atoms with Crippen molar-refractivity contribution >= 4 is 51.5 Å². The number of carbonyl (C=O) groups excluding carboxylic acids is 3. The Morgan fingerprint density at radius 2 is 1.72 bits per heavy atom. The Kier molecular flexibility index (Phi) is 6.22. The average Bonchev–Trinajstić information content (AvgIpc) is 3.34. The first-order chi connectivity index (χ1) is 17.4. The molecule has 178 valence electrons. The van der Waals surface area contributed by atoms with Crippen molar-refractivity contribution in [1.82, 2.24) is 14.9 Å². The summed E-state index contributed by atoms with van der Waals surface area (Å²) in [5, 5.41) is 1.94. The van der Waals surface area contributed by atoms with Crippen LogP contribution in [0, 0.1) is 5.82 Å². The van der Waals surface area contributed by atoms with Gasteiger partial charge in [-0.25, -0.2) is 9.37 Å². The van der Waals surface area contributed by atoms with Crippen molar-refractivity contribution < 1.29 is 18.8 Å². The number of para-hydroxylation sites is 1. The molecule has 9 heteroatoms. The number of anilines is 2. The maximum absolute atomic E-state index is 14.4. The molecule has 2 aromatic carbocycles. The fourth-order valence-corrected chi connectivity index (χ4v) is 4.81. The van der Waals surface area contributed by atoms with Crippen molar-refractivity contribution in [1.29, 1.82) is 0 Å². The zero-order valence-electron chi connectivity index (χ0n) is 19.1. The first-order valence-corrected chi connectivity index (χ1v) is 11.9. The summed E-state index contributed by atoms with van der Waals surface area (Å²) in [6, 6.07) is 18.1. The normalized spacial score (nSPS) is 14.2. The van der Waals surface area contributed by atoms with Crippen molar-refractivity contribution in [3.05, 3.63) is 107 Å². The lowest BCUT2D eigenvalue weighted by atomic mass is 9.92. The fourth-order valence-electron chi connectivity index (χ4n) is 3.97. The van der Waals surface area contributed by atoms with Crippen LogP contribution in [0.3, 0.4) is 0 Å². The molecule has 0 radical (unpaired) electrons. The highest BCUT2D eigenvalue weighted by Crippen LogP contribution is 2.34. The van der Waals surface area contributed by atoms with Gasteiger partial charge in [-0.2, -0.15) is 0 Å². The van der Waals surface area contributed by atoms with Crippen LogP contribution in [0.25, 0.3) is 11.6 Å². The van der Waals surface area contributed by atoms with Gasteiger partial charge in [0.25, 0.3) is 11.8 Å². The van der Waals surface area contributed by atoms with Crippen molar-refractivity contribution in [2.24, 2.45) is 0 Å². The Balaban J connectivity index is 1.55. The standard InChI is InChI=1S/C27H19FN4O3S/c1-17(33)32(24-12-5-4-11-23(24)28)27-30-19(16-36-27)14-22-20-9-2-3-10-21(20)25(34)31(26(22)35)15-18-8-6-7-13-29-18/h2-14,16H,15H2,1H3. The van der Waals surface area contributed by atoms with E-state index >= 15 is 0 Å². The monoisotopic (exact) mass is 498 g/mol. The van der Waals surface area contributed by atoms with Gasteiger partial charge >= 0.3 is 0 Å². The molecule has 1 aliphatic rings. The summed E-state index contributed by atoms with van der Waals surface area (Å²) in [7, 11) is 0. The number of pyridine rings is 1. The largest absolute Gasteiger partial charge is 0.274 e. The number of nitrogens with zero attached hydrogens (tertiary/aromatic N) is 4. The second-order valence-corrected chi connectivity index (χ2v) is 8.82. The van der Waals surface area contributed by atoms with E-state index in [0.29, 0.717) is 28.1 Å². The van der Waals surface area contributed by atoms with Crippen molar-refractivity contribution in [3.8, 4) is 0 Å². The highest BCUT2D eigenvalue weighted by atomic mass is 32.1. The highest BCUT2D eigenvalue weighted by molar-refractivity contribution is 7.14. The molecule has 0 fully saturated rings. The minimum Gasteiger partial charge on any atom is -0.274 e. The molecule has 0 saturated heterocycles. The lowest BCUT2D eigenvalue weighted by Gasteiger charge is -2.28. The van der Waals surface area contributed by atoms with E-state index in [4.69, 9.17) is 0 Å². The Bertz CT molecular complexity index is 1520. The van der Waals surface area contributed by atoms with Crippen molar-refractivity contribution in [3.63, 3.8) is 0 Å². The Hall–Kier alpha value is -4.50. The van der Waals surface area contributed by atoms with Crippen LogP contribution in [0.5, 0.6) is 0 Å². The molecule has 5 rings (SSSR count). The van der Waals surface area contributed by atoms with Gasteiger partial charge in [-0.3, -0.25) is 29.2 Å². The van der Waals surface area contributed by atoms with E-state index in [-0.39, 0.29) is 17.4 Å². The maximum atomic E-state index is 14.4. The fraction of sp³-hybridized carbons (Fsp3) is 0.0741. The van der Waals surface area contributed by atoms with Crippen molar-refractivity contribution in [2.75, 3.05) is 4.90 Å². The lowest BCUT2D eigenvalue weighted by Crippen LogP contribution is -2.41. The molecule has 2 aromatic heterocycles. The van der Waals surface area contributed by atoms with Gasteiger partial charge in [-0.1, -0.05) is 36.4 Å². The molecular weight excluding hydrogens is 479 g/mol. The third-order valence-electron chi connectivity index (χ3n) is 5.62. The number of carbonyl (C=O) groups is 3. The van der Waals surface area contributed by atoms with Gasteiger partial charge < -0.3 is 0 Å². The van der Waals surface area contributed by atoms with Crippen molar-refractivity contribution in [2.45, 2.75) is 13.5 Å². The number of fused-ring (bicyclic) bond motifs is 1. The molecule has 3 heterocycles.